The first-order valence-electron chi connectivity index (χ1n) is 7.76. The number of aromatic amines is 1. The van der Waals surface area contributed by atoms with Crippen molar-refractivity contribution in [2.45, 2.75) is 25.8 Å². The van der Waals surface area contributed by atoms with Gasteiger partial charge >= 0.3 is 0 Å². The number of benzene rings is 1. The number of piperidine rings is 1. The molecule has 1 saturated heterocycles. The fraction of sp³-hybridized carbons (Fsp3) is 0.412. The standard InChI is InChI=1S/C17H22N4O/c1-12-3-5-13(6-4-12)15-11-16(20-19-15)17(22)21-9-7-14(18-2)8-10-21/h3-6,11,14,18H,7-10H2,1-2H3,(H,19,20). The molecule has 2 heterocycles. The first kappa shape index (κ1) is 14.8. The van der Waals surface area contributed by atoms with E-state index in [-0.39, 0.29) is 5.91 Å². The van der Waals surface area contributed by atoms with Gasteiger partial charge in [0.05, 0.1) is 5.69 Å². The molecule has 1 aliphatic heterocycles. The Morgan fingerprint density at radius 2 is 1.95 bits per heavy atom. The van der Waals surface area contributed by atoms with Gasteiger partial charge in [0.25, 0.3) is 5.91 Å². The molecule has 116 valence electrons. The van der Waals surface area contributed by atoms with Gasteiger partial charge in [-0.25, -0.2) is 0 Å². The quantitative estimate of drug-likeness (QED) is 0.913. The summed E-state index contributed by atoms with van der Waals surface area (Å²) in [6.07, 6.45) is 2.00. The van der Waals surface area contributed by atoms with Crippen molar-refractivity contribution >= 4 is 5.91 Å². The van der Waals surface area contributed by atoms with Gasteiger partial charge in [0, 0.05) is 24.7 Å². The maximum Gasteiger partial charge on any atom is 0.271 e. The molecule has 1 fully saturated rings. The Morgan fingerprint density at radius 1 is 1.27 bits per heavy atom. The number of carbonyl (C=O) groups excluding carboxylic acids is 1. The van der Waals surface area contributed by atoms with E-state index >= 15 is 0 Å². The zero-order valence-electron chi connectivity index (χ0n) is 13.1. The molecule has 0 bridgehead atoms. The lowest BCUT2D eigenvalue weighted by Gasteiger charge is -2.31. The van der Waals surface area contributed by atoms with E-state index in [9.17, 15) is 4.79 Å². The number of nitrogens with zero attached hydrogens (tertiary/aromatic N) is 2. The molecule has 1 aliphatic rings. The van der Waals surface area contributed by atoms with E-state index in [0.717, 1.165) is 37.2 Å². The number of aryl methyl sites for hydroxylation is 1. The highest BCUT2D eigenvalue weighted by Crippen LogP contribution is 2.20. The summed E-state index contributed by atoms with van der Waals surface area (Å²) in [5.41, 5.74) is 3.62. The molecule has 0 radical (unpaired) electrons. The number of carbonyl (C=O) groups is 1. The molecule has 22 heavy (non-hydrogen) atoms. The molecule has 1 amide bonds. The number of amides is 1. The van der Waals surface area contributed by atoms with Crippen LogP contribution >= 0.6 is 0 Å². The second-order valence-corrected chi connectivity index (χ2v) is 5.89. The normalized spacial score (nSPS) is 16.0. The van der Waals surface area contributed by atoms with Crippen molar-refractivity contribution in [2.75, 3.05) is 20.1 Å². The molecule has 5 nitrogen and oxygen atoms in total. The lowest BCUT2D eigenvalue weighted by atomic mass is 10.0. The van der Waals surface area contributed by atoms with E-state index in [2.05, 4.69) is 22.4 Å². The van der Waals surface area contributed by atoms with Crippen LogP contribution in [0.4, 0.5) is 0 Å². The van der Waals surface area contributed by atoms with Crippen LogP contribution in [0.15, 0.2) is 30.3 Å². The van der Waals surface area contributed by atoms with Gasteiger partial charge in [-0.05, 0) is 32.9 Å². The molecule has 1 aromatic heterocycles. The Kier molecular flexibility index (Phi) is 4.24. The lowest BCUT2D eigenvalue weighted by molar-refractivity contribution is 0.0701. The predicted octanol–water partition coefficient (Wildman–Crippen LogP) is 2.21. The van der Waals surface area contributed by atoms with Gasteiger partial charge in [-0.1, -0.05) is 29.8 Å². The van der Waals surface area contributed by atoms with Crippen LogP contribution in [0, 0.1) is 6.92 Å². The molecule has 0 atom stereocenters. The fourth-order valence-corrected chi connectivity index (χ4v) is 2.85. The Hall–Kier alpha value is -2.14. The van der Waals surface area contributed by atoms with Gasteiger partial charge in [0.15, 0.2) is 0 Å². The smallest absolute Gasteiger partial charge is 0.271 e. The van der Waals surface area contributed by atoms with Crippen LogP contribution in [0.2, 0.25) is 0 Å². The monoisotopic (exact) mass is 298 g/mol. The van der Waals surface area contributed by atoms with Crippen molar-refractivity contribution < 1.29 is 4.79 Å². The average Bonchev–Trinajstić information content (AvgIpc) is 3.05. The van der Waals surface area contributed by atoms with Gasteiger partial charge in [-0.15, -0.1) is 0 Å². The molecular weight excluding hydrogens is 276 g/mol. The summed E-state index contributed by atoms with van der Waals surface area (Å²) in [5, 5.41) is 10.4. The molecule has 0 saturated carbocycles. The first-order chi connectivity index (χ1) is 10.7. The second-order valence-electron chi connectivity index (χ2n) is 5.89. The number of likely N-dealkylation sites (tertiary alicyclic amines) is 1. The third kappa shape index (κ3) is 3.04. The number of rotatable bonds is 3. The molecule has 5 heteroatoms. The average molecular weight is 298 g/mol. The van der Waals surface area contributed by atoms with Gasteiger partial charge in [-0.3, -0.25) is 9.89 Å². The maximum absolute atomic E-state index is 12.5. The molecule has 0 aliphatic carbocycles. The molecule has 3 rings (SSSR count). The van der Waals surface area contributed by atoms with Gasteiger partial charge in [-0.2, -0.15) is 5.10 Å². The zero-order chi connectivity index (χ0) is 15.5. The second kappa shape index (κ2) is 6.32. The van der Waals surface area contributed by atoms with Crippen molar-refractivity contribution in [2.24, 2.45) is 0 Å². The van der Waals surface area contributed by atoms with E-state index in [0.29, 0.717) is 11.7 Å². The third-order valence-electron chi connectivity index (χ3n) is 4.35. The minimum absolute atomic E-state index is 0.0421. The molecule has 2 N–H and O–H groups in total. The highest BCUT2D eigenvalue weighted by molar-refractivity contribution is 5.93. The first-order valence-corrected chi connectivity index (χ1v) is 7.76. The number of nitrogens with one attached hydrogen (secondary N) is 2. The van der Waals surface area contributed by atoms with Gasteiger partial charge < -0.3 is 10.2 Å². The molecule has 2 aromatic rings. The van der Waals surface area contributed by atoms with Crippen molar-refractivity contribution in [3.8, 4) is 11.3 Å². The van der Waals surface area contributed by atoms with Crippen molar-refractivity contribution in [1.82, 2.24) is 20.4 Å². The van der Waals surface area contributed by atoms with Crippen LogP contribution in [0.25, 0.3) is 11.3 Å². The summed E-state index contributed by atoms with van der Waals surface area (Å²) in [6, 6.07) is 10.5. The van der Waals surface area contributed by atoms with Crippen LogP contribution in [0.1, 0.15) is 28.9 Å². The number of hydrogen-bond acceptors (Lipinski definition) is 3. The summed E-state index contributed by atoms with van der Waals surface area (Å²) in [4.78, 5) is 14.4. The zero-order valence-corrected chi connectivity index (χ0v) is 13.1. The maximum atomic E-state index is 12.5. The van der Waals surface area contributed by atoms with Gasteiger partial charge in [0.1, 0.15) is 5.69 Å². The summed E-state index contributed by atoms with van der Waals surface area (Å²) in [5.74, 6) is 0.0421. The molecule has 1 aromatic carbocycles. The van der Waals surface area contributed by atoms with E-state index in [1.54, 1.807) is 0 Å². The Labute approximate surface area is 130 Å². The summed E-state index contributed by atoms with van der Waals surface area (Å²) < 4.78 is 0. The van der Waals surface area contributed by atoms with Crippen LogP contribution < -0.4 is 5.32 Å². The Bertz CT molecular complexity index is 639. The highest BCUT2D eigenvalue weighted by atomic mass is 16.2. The number of H-pyrrole nitrogens is 1. The van der Waals surface area contributed by atoms with Crippen LogP contribution in [-0.4, -0.2) is 47.2 Å². The Morgan fingerprint density at radius 3 is 2.59 bits per heavy atom. The number of aromatic nitrogens is 2. The minimum Gasteiger partial charge on any atom is -0.337 e. The Balaban J connectivity index is 1.71. The molecule has 0 unspecified atom stereocenters. The van der Waals surface area contributed by atoms with Crippen LogP contribution in [-0.2, 0) is 0 Å². The van der Waals surface area contributed by atoms with E-state index in [1.807, 2.05) is 42.3 Å². The summed E-state index contributed by atoms with van der Waals surface area (Å²) >= 11 is 0. The summed E-state index contributed by atoms with van der Waals surface area (Å²) in [7, 11) is 1.98. The topological polar surface area (TPSA) is 61.0 Å². The highest BCUT2D eigenvalue weighted by Gasteiger charge is 2.24. The van der Waals surface area contributed by atoms with Crippen LogP contribution in [0.3, 0.4) is 0 Å². The van der Waals surface area contributed by atoms with Gasteiger partial charge in [0.2, 0.25) is 0 Å². The van der Waals surface area contributed by atoms with E-state index in [4.69, 9.17) is 0 Å². The summed E-state index contributed by atoms with van der Waals surface area (Å²) in [6.45, 7) is 3.64. The number of hydrogen-bond donors (Lipinski definition) is 2. The fourth-order valence-electron chi connectivity index (χ4n) is 2.85. The molecular formula is C17H22N4O. The van der Waals surface area contributed by atoms with Crippen molar-refractivity contribution in [3.05, 3.63) is 41.6 Å². The van der Waals surface area contributed by atoms with Crippen molar-refractivity contribution in [3.63, 3.8) is 0 Å². The van der Waals surface area contributed by atoms with Crippen molar-refractivity contribution in [1.29, 1.82) is 0 Å². The predicted molar refractivity (Wildman–Crippen MR) is 86.7 cm³/mol. The molecule has 0 spiro atoms. The minimum atomic E-state index is 0.0421. The SMILES string of the molecule is CNC1CCN(C(=O)c2cc(-c3ccc(C)cc3)n[nH]2)CC1. The van der Waals surface area contributed by atoms with E-state index in [1.165, 1.54) is 5.56 Å². The van der Waals surface area contributed by atoms with Crippen LogP contribution in [0.5, 0.6) is 0 Å². The third-order valence-corrected chi connectivity index (χ3v) is 4.35. The largest absolute Gasteiger partial charge is 0.337 e. The van der Waals surface area contributed by atoms with E-state index < -0.39 is 0 Å². The lowest BCUT2D eigenvalue weighted by Crippen LogP contribution is -2.44.